The molecule has 1 unspecified atom stereocenters. The molecule has 0 aliphatic heterocycles. The number of hydrogen-bond donors (Lipinski definition) is 1. The standard InChI is InChI=1S/C14H11F6N3O2/c1-23-10(8(12(21)24)9(22-23)11(15)16)6-2-4-7(5-3-6)25-13(17)14(18,19)20/h2-5,11,13H,1H3,(H2,21,24). The molecule has 136 valence electrons. The second-order valence-corrected chi connectivity index (χ2v) is 4.90. The molecule has 0 fully saturated rings. The number of ether oxygens (including phenoxy) is 1. The van der Waals surface area contributed by atoms with E-state index in [1.807, 2.05) is 0 Å². The molecule has 0 bridgehead atoms. The molecule has 0 saturated carbocycles. The first-order chi connectivity index (χ1) is 11.5. The summed E-state index contributed by atoms with van der Waals surface area (Å²) in [7, 11) is 1.29. The molecule has 25 heavy (non-hydrogen) atoms. The number of rotatable bonds is 5. The molecule has 5 nitrogen and oxygen atoms in total. The van der Waals surface area contributed by atoms with Gasteiger partial charge in [0.25, 0.3) is 12.3 Å². The number of alkyl halides is 6. The van der Waals surface area contributed by atoms with Crippen molar-refractivity contribution in [1.29, 1.82) is 0 Å². The Morgan fingerprint density at radius 1 is 1.20 bits per heavy atom. The molecule has 1 aromatic carbocycles. The number of aromatic nitrogens is 2. The highest BCUT2D eigenvalue weighted by Gasteiger charge is 2.42. The zero-order valence-electron chi connectivity index (χ0n) is 12.5. The first-order valence-electron chi connectivity index (χ1n) is 6.65. The summed E-state index contributed by atoms with van der Waals surface area (Å²) in [6.45, 7) is 0. The molecule has 11 heteroatoms. The third kappa shape index (κ3) is 3.86. The predicted molar refractivity (Wildman–Crippen MR) is 73.7 cm³/mol. The average molecular weight is 367 g/mol. The second kappa shape index (κ2) is 6.65. The van der Waals surface area contributed by atoms with Gasteiger partial charge < -0.3 is 10.5 Å². The van der Waals surface area contributed by atoms with Crippen molar-refractivity contribution in [3.05, 3.63) is 35.5 Å². The molecule has 2 N–H and O–H groups in total. The van der Waals surface area contributed by atoms with E-state index in [0.717, 1.165) is 28.9 Å². The van der Waals surface area contributed by atoms with E-state index in [4.69, 9.17) is 5.73 Å². The third-order valence-corrected chi connectivity index (χ3v) is 3.15. The minimum atomic E-state index is -5.19. The first-order valence-corrected chi connectivity index (χ1v) is 6.65. The molecule has 0 saturated heterocycles. The van der Waals surface area contributed by atoms with E-state index >= 15 is 0 Å². The second-order valence-electron chi connectivity index (χ2n) is 4.90. The maximum atomic E-state index is 13.0. The zero-order chi connectivity index (χ0) is 18.9. The Labute approximate surface area is 137 Å². The minimum absolute atomic E-state index is 0.0537. The van der Waals surface area contributed by atoms with E-state index in [1.165, 1.54) is 7.05 Å². The van der Waals surface area contributed by atoms with E-state index in [2.05, 4.69) is 9.84 Å². The van der Waals surface area contributed by atoms with Crippen LogP contribution < -0.4 is 10.5 Å². The molecule has 1 amide bonds. The van der Waals surface area contributed by atoms with Crippen molar-refractivity contribution in [1.82, 2.24) is 9.78 Å². The fraction of sp³-hybridized carbons (Fsp3) is 0.286. The van der Waals surface area contributed by atoms with Crippen LogP contribution in [0.5, 0.6) is 5.75 Å². The molecule has 1 aromatic heterocycles. The number of nitrogens with zero attached hydrogens (tertiary/aromatic N) is 2. The summed E-state index contributed by atoms with van der Waals surface area (Å²) in [6.07, 6.45) is -11.8. The van der Waals surface area contributed by atoms with E-state index in [0.29, 0.717) is 0 Å². The molecule has 2 rings (SSSR count). The Bertz CT molecular complexity index is 770. The van der Waals surface area contributed by atoms with Crippen molar-refractivity contribution in [3.8, 4) is 17.0 Å². The van der Waals surface area contributed by atoms with Gasteiger partial charge in [-0.15, -0.1) is 0 Å². The van der Waals surface area contributed by atoms with Crippen molar-refractivity contribution >= 4 is 5.91 Å². The molecule has 0 aliphatic rings. The molecular formula is C14H11F6N3O2. The van der Waals surface area contributed by atoms with Crippen LogP contribution in [-0.2, 0) is 7.05 Å². The number of primary amides is 1. The number of amides is 1. The fourth-order valence-electron chi connectivity index (χ4n) is 2.15. The number of aryl methyl sites for hydroxylation is 1. The summed E-state index contributed by atoms with van der Waals surface area (Å²) in [5.74, 6) is -1.58. The van der Waals surface area contributed by atoms with Crippen molar-refractivity contribution in [2.45, 2.75) is 19.0 Å². The number of benzene rings is 1. The van der Waals surface area contributed by atoms with Crippen molar-refractivity contribution in [2.24, 2.45) is 12.8 Å². The van der Waals surface area contributed by atoms with E-state index in [1.54, 1.807) is 0 Å². The topological polar surface area (TPSA) is 70.1 Å². The number of hydrogen-bond acceptors (Lipinski definition) is 3. The summed E-state index contributed by atoms with van der Waals surface area (Å²) in [6, 6.07) is 4.31. The maximum absolute atomic E-state index is 13.0. The fourth-order valence-corrected chi connectivity index (χ4v) is 2.15. The Hall–Kier alpha value is -2.72. The van der Waals surface area contributed by atoms with Crippen LogP contribution in [0.1, 0.15) is 22.5 Å². The highest BCUT2D eigenvalue weighted by atomic mass is 19.4. The van der Waals surface area contributed by atoms with Gasteiger partial charge in [-0.3, -0.25) is 9.48 Å². The van der Waals surface area contributed by atoms with Crippen molar-refractivity contribution in [2.75, 3.05) is 0 Å². The monoisotopic (exact) mass is 367 g/mol. The Morgan fingerprint density at radius 3 is 2.20 bits per heavy atom. The summed E-state index contributed by atoms with van der Waals surface area (Å²) in [4.78, 5) is 11.5. The number of carbonyl (C=O) groups is 1. The highest BCUT2D eigenvalue weighted by molar-refractivity contribution is 6.00. The average Bonchev–Trinajstić information content (AvgIpc) is 2.85. The van der Waals surface area contributed by atoms with Crippen LogP contribution in [0.25, 0.3) is 11.3 Å². The number of nitrogens with two attached hydrogens (primary N) is 1. The van der Waals surface area contributed by atoms with E-state index < -0.39 is 41.9 Å². The molecule has 1 atom stereocenters. The molecule has 2 aromatic rings. The molecule has 1 heterocycles. The lowest BCUT2D eigenvalue weighted by molar-refractivity contribution is -0.236. The molecule has 0 aliphatic carbocycles. The lowest BCUT2D eigenvalue weighted by Gasteiger charge is -2.14. The molecule has 0 spiro atoms. The van der Waals surface area contributed by atoms with Gasteiger partial charge in [0, 0.05) is 12.6 Å². The van der Waals surface area contributed by atoms with Crippen LogP contribution in [0.15, 0.2) is 24.3 Å². The van der Waals surface area contributed by atoms with Gasteiger partial charge in [0.2, 0.25) is 0 Å². The lowest BCUT2D eigenvalue weighted by atomic mass is 10.0. The van der Waals surface area contributed by atoms with Gasteiger partial charge in [-0.2, -0.15) is 22.7 Å². The summed E-state index contributed by atoms with van der Waals surface area (Å²) < 4.78 is 80.2. The van der Waals surface area contributed by atoms with Crippen LogP contribution in [0.3, 0.4) is 0 Å². The van der Waals surface area contributed by atoms with Crippen LogP contribution in [0.4, 0.5) is 26.3 Å². The summed E-state index contributed by atoms with van der Waals surface area (Å²) in [5.41, 5.74) is 3.90. The van der Waals surface area contributed by atoms with E-state index in [9.17, 15) is 31.1 Å². The van der Waals surface area contributed by atoms with Gasteiger partial charge in [0.05, 0.1) is 11.3 Å². The molecule has 0 radical (unpaired) electrons. The van der Waals surface area contributed by atoms with Crippen LogP contribution in [-0.4, -0.2) is 28.2 Å². The first kappa shape index (κ1) is 18.6. The van der Waals surface area contributed by atoms with Crippen LogP contribution in [0, 0.1) is 0 Å². The smallest absolute Gasteiger partial charge is 0.452 e. The van der Waals surface area contributed by atoms with Crippen molar-refractivity contribution in [3.63, 3.8) is 0 Å². The normalized spacial score (nSPS) is 13.1. The van der Waals surface area contributed by atoms with Gasteiger partial charge in [0.1, 0.15) is 11.4 Å². The quantitative estimate of drug-likeness (QED) is 0.824. The predicted octanol–water partition coefficient (Wildman–Crippen LogP) is 3.36. The van der Waals surface area contributed by atoms with Crippen LogP contribution in [0.2, 0.25) is 0 Å². The number of halogens is 6. The van der Waals surface area contributed by atoms with Gasteiger partial charge >= 0.3 is 12.5 Å². The Morgan fingerprint density at radius 2 is 1.76 bits per heavy atom. The largest absolute Gasteiger partial charge is 0.457 e. The SMILES string of the molecule is Cn1nc(C(F)F)c(C(N)=O)c1-c1ccc(OC(F)C(F)(F)F)cc1. The summed E-state index contributed by atoms with van der Waals surface area (Å²) in [5, 5.41) is 3.54. The maximum Gasteiger partial charge on any atom is 0.457 e. The summed E-state index contributed by atoms with van der Waals surface area (Å²) >= 11 is 0. The lowest BCUT2D eigenvalue weighted by Crippen LogP contribution is -2.29. The van der Waals surface area contributed by atoms with Crippen LogP contribution >= 0.6 is 0 Å². The van der Waals surface area contributed by atoms with Gasteiger partial charge in [-0.05, 0) is 24.3 Å². The van der Waals surface area contributed by atoms with Crippen molar-refractivity contribution < 1.29 is 35.9 Å². The van der Waals surface area contributed by atoms with Gasteiger partial charge in [-0.25, -0.2) is 8.78 Å². The highest BCUT2D eigenvalue weighted by Crippen LogP contribution is 2.32. The zero-order valence-corrected chi connectivity index (χ0v) is 12.5. The third-order valence-electron chi connectivity index (χ3n) is 3.15. The van der Waals surface area contributed by atoms with Gasteiger partial charge in [-0.1, -0.05) is 0 Å². The number of carbonyl (C=O) groups excluding carboxylic acids is 1. The van der Waals surface area contributed by atoms with Gasteiger partial charge in [0.15, 0.2) is 0 Å². The van der Waals surface area contributed by atoms with E-state index in [-0.39, 0.29) is 11.3 Å². The molecular weight excluding hydrogens is 356 g/mol. The Balaban J connectivity index is 2.39. The minimum Gasteiger partial charge on any atom is -0.452 e. The Kier molecular flexibility index (Phi) is 4.95.